The van der Waals surface area contributed by atoms with Crippen molar-refractivity contribution in [3.63, 3.8) is 0 Å². The summed E-state index contributed by atoms with van der Waals surface area (Å²) in [5.41, 5.74) is 8.74. The topological polar surface area (TPSA) is 29.3 Å². The summed E-state index contributed by atoms with van der Waals surface area (Å²) in [6, 6.07) is 3.82. The van der Waals surface area contributed by atoms with E-state index >= 15 is 0 Å². The monoisotopic (exact) mass is 264 g/mol. The fourth-order valence-corrected chi connectivity index (χ4v) is 2.46. The van der Waals surface area contributed by atoms with Crippen LogP contribution in [0.1, 0.15) is 50.8 Å². The fourth-order valence-electron chi connectivity index (χ4n) is 2.46. The van der Waals surface area contributed by atoms with E-state index in [2.05, 4.69) is 18.7 Å². The van der Waals surface area contributed by atoms with Crippen LogP contribution < -0.4 is 10.6 Å². The highest BCUT2D eigenvalue weighted by atomic mass is 19.1. The molecule has 0 amide bonds. The standard InChI is InChI=1S/C16H25FN2/c1-10(2)19(9-13-5-6-13)16-7-11(3)15(17)8-14(16)12(4)18/h7-8,10,12-13H,5-6,9,18H2,1-4H3/t12-/m1/s1. The van der Waals surface area contributed by atoms with Gasteiger partial charge in [0.15, 0.2) is 0 Å². The summed E-state index contributed by atoms with van der Waals surface area (Å²) >= 11 is 0. The lowest BCUT2D eigenvalue weighted by Gasteiger charge is -2.32. The van der Waals surface area contributed by atoms with Crippen LogP contribution >= 0.6 is 0 Å². The Balaban J connectivity index is 2.41. The van der Waals surface area contributed by atoms with Gasteiger partial charge in [0.05, 0.1) is 0 Å². The number of nitrogens with two attached hydrogens (primary N) is 1. The smallest absolute Gasteiger partial charge is 0.126 e. The second-order valence-corrected chi connectivity index (χ2v) is 6.14. The van der Waals surface area contributed by atoms with Crippen LogP contribution in [-0.4, -0.2) is 12.6 Å². The Kier molecular flexibility index (Phi) is 4.14. The minimum Gasteiger partial charge on any atom is -0.369 e. The molecule has 0 spiro atoms. The van der Waals surface area contributed by atoms with Gasteiger partial charge in [-0.05, 0) is 69.7 Å². The molecule has 0 bridgehead atoms. The molecule has 2 nitrogen and oxygen atoms in total. The quantitative estimate of drug-likeness (QED) is 0.877. The predicted molar refractivity (Wildman–Crippen MR) is 78.9 cm³/mol. The van der Waals surface area contributed by atoms with Crippen molar-refractivity contribution in [2.75, 3.05) is 11.4 Å². The van der Waals surface area contributed by atoms with E-state index in [1.54, 1.807) is 6.07 Å². The van der Waals surface area contributed by atoms with Crippen molar-refractivity contribution >= 4 is 5.69 Å². The molecule has 0 aliphatic heterocycles. The molecule has 1 fully saturated rings. The number of hydrogen-bond acceptors (Lipinski definition) is 2. The number of nitrogens with zero attached hydrogens (tertiary/aromatic N) is 1. The van der Waals surface area contributed by atoms with Gasteiger partial charge in [-0.15, -0.1) is 0 Å². The molecule has 0 saturated heterocycles. The van der Waals surface area contributed by atoms with Gasteiger partial charge >= 0.3 is 0 Å². The molecule has 1 aliphatic carbocycles. The van der Waals surface area contributed by atoms with E-state index in [0.717, 1.165) is 23.7 Å². The van der Waals surface area contributed by atoms with Crippen LogP contribution in [0.25, 0.3) is 0 Å². The molecule has 0 unspecified atom stereocenters. The van der Waals surface area contributed by atoms with Crippen molar-refractivity contribution in [1.29, 1.82) is 0 Å². The van der Waals surface area contributed by atoms with Crippen molar-refractivity contribution in [3.8, 4) is 0 Å². The summed E-state index contributed by atoms with van der Waals surface area (Å²) in [5, 5.41) is 0. The second-order valence-electron chi connectivity index (χ2n) is 6.14. The molecule has 19 heavy (non-hydrogen) atoms. The highest BCUT2D eigenvalue weighted by Gasteiger charge is 2.27. The lowest BCUT2D eigenvalue weighted by molar-refractivity contribution is 0.605. The molecular weight excluding hydrogens is 239 g/mol. The maximum absolute atomic E-state index is 13.8. The number of hydrogen-bond donors (Lipinski definition) is 1. The zero-order valence-electron chi connectivity index (χ0n) is 12.4. The first kappa shape index (κ1) is 14.3. The summed E-state index contributed by atoms with van der Waals surface area (Å²) in [5.74, 6) is 0.639. The van der Waals surface area contributed by atoms with E-state index in [4.69, 9.17) is 5.73 Å². The van der Waals surface area contributed by atoms with Crippen molar-refractivity contribution in [2.45, 2.75) is 52.6 Å². The first-order valence-electron chi connectivity index (χ1n) is 7.22. The van der Waals surface area contributed by atoms with Crippen LogP contribution in [-0.2, 0) is 0 Å². The SMILES string of the molecule is Cc1cc(N(CC2CC2)C(C)C)c([C@@H](C)N)cc1F. The summed E-state index contributed by atoms with van der Waals surface area (Å²) in [6.45, 7) is 9.17. The van der Waals surface area contributed by atoms with Gasteiger partial charge in [-0.25, -0.2) is 4.39 Å². The molecule has 106 valence electrons. The largest absolute Gasteiger partial charge is 0.369 e. The van der Waals surface area contributed by atoms with E-state index in [1.807, 2.05) is 19.9 Å². The third kappa shape index (κ3) is 3.27. The molecule has 2 rings (SSSR count). The van der Waals surface area contributed by atoms with Crippen molar-refractivity contribution in [1.82, 2.24) is 0 Å². The Labute approximate surface area is 115 Å². The average molecular weight is 264 g/mol. The number of anilines is 1. The zero-order valence-corrected chi connectivity index (χ0v) is 12.4. The van der Waals surface area contributed by atoms with Crippen LogP contribution in [0.4, 0.5) is 10.1 Å². The third-order valence-electron chi connectivity index (χ3n) is 3.88. The molecule has 0 radical (unpaired) electrons. The van der Waals surface area contributed by atoms with Gasteiger partial charge in [-0.2, -0.15) is 0 Å². The normalized spacial score (nSPS) is 16.8. The highest BCUT2D eigenvalue weighted by Crippen LogP contribution is 2.35. The van der Waals surface area contributed by atoms with Crippen LogP contribution in [0.2, 0.25) is 0 Å². The molecule has 1 aliphatic rings. The van der Waals surface area contributed by atoms with Crippen molar-refractivity contribution in [3.05, 3.63) is 29.1 Å². The predicted octanol–water partition coefficient (Wildman–Crippen LogP) is 3.78. The minimum absolute atomic E-state index is 0.148. The van der Waals surface area contributed by atoms with Gasteiger partial charge in [0.25, 0.3) is 0 Å². The Morgan fingerprint density at radius 3 is 2.42 bits per heavy atom. The molecule has 1 aromatic rings. The van der Waals surface area contributed by atoms with Gasteiger partial charge in [0.2, 0.25) is 0 Å². The maximum Gasteiger partial charge on any atom is 0.126 e. The van der Waals surface area contributed by atoms with E-state index in [1.165, 1.54) is 12.8 Å². The van der Waals surface area contributed by atoms with E-state index in [0.29, 0.717) is 11.6 Å². The van der Waals surface area contributed by atoms with Crippen LogP contribution in [0.3, 0.4) is 0 Å². The molecular formula is C16H25FN2. The number of halogens is 1. The Hall–Kier alpha value is -1.09. The minimum atomic E-state index is -0.161. The molecule has 1 saturated carbocycles. The average Bonchev–Trinajstić information content (AvgIpc) is 3.12. The number of rotatable bonds is 5. The molecule has 1 atom stereocenters. The first-order valence-corrected chi connectivity index (χ1v) is 7.22. The van der Waals surface area contributed by atoms with Gasteiger partial charge in [-0.3, -0.25) is 0 Å². The maximum atomic E-state index is 13.8. The fraction of sp³-hybridized carbons (Fsp3) is 0.625. The lowest BCUT2D eigenvalue weighted by atomic mass is 10.0. The van der Waals surface area contributed by atoms with E-state index in [-0.39, 0.29) is 11.9 Å². The van der Waals surface area contributed by atoms with Gasteiger partial charge in [0.1, 0.15) is 5.82 Å². The van der Waals surface area contributed by atoms with E-state index in [9.17, 15) is 4.39 Å². The Morgan fingerprint density at radius 2 is 1.95 bits per heavy atom. The van der Waals surface area contributed by atoms with Crippen LogP contribution in [0, 0.1) is 18.7 Å². The Bertz CT molecular complexity index is 450. The van der Waals surface area contributed by atoms with Gasteiger partial charge < -0.3 is 10.6 Å². The van der Waals surface area contributed by atoms with E-state index < -0.39 is 0 Å². The number of aryl methyl sites for hydroxylation is 1. The molecule has 3 heteroatoms. The molecule has 1 aromatic carbocycles. The van der Waals surface area contributed by atoms with Crippen molar-refractivity contribution < 1.29 is 4.39 Å². The van der Waals surface area contributed by atoms with Crippen LogP contribution in [0.5, 0.6) is 0 Å². The highest BCUT2D eigenvalue weighted by molar-refractivity contribution is 5.57. The van der Waals surface area contributed by atoms with Gasteiger partial charge in [-0.1, -0.05) is 0 Å². The number of benzene rings is 1. The summed E-state index contributed by atoms with van der Waals surface area (Å²) in [4.78, 5) is 2.38. The van der Waals surface area contributed by atoms with Gasteiger partial charge in [0, 0.05) is 24.3 Å². The first-order chi connectivity index (χ1) is 8.90. The second kappa shape index (κ2) is 5.49. The van der Waals surface area contributed by atoms with Crippen molar-refractivity contribution in [2.24, 2.45) is 11.7 Å². The summed E-state index contributed by atoms with van der Waals surface area (Å²) in [6.07, 6.45) is 2.63. The molecule has 2 N–H and O–H groups in total. The lowest BCUT2D eigenvalue weighted by Crippen LogP contribution is -2.34. The van der Waals surface area contributed by atoms with Crippen LogP contribution in [0.15, 0.2) is 12.1 Å². The summed E-state index contributed by atoms with van der Waals surface area (Å²) < 4.78 is 13.8. The summed E-state index contributed by atoms with van der Waals surface area (Å²) in [7, 11) is 0. The molecule has 0 aromatic heterocycles. The third-order valence-corrected chi connectivity index (χ3v) is 3.88. The zero-order chi connectivity index (χ0) is 14.2. The Morgan fingerprint density at radius 1 is 1.32 bits per heavy atom. The molecule has 0 heterocycles.